The highest BCUT2D eigenvalue weighted by atomic mass is 15.1. The van der Waals surface area contributed by atoms with E-state index in [1.165, 1.54) is 87.9 Å². The van der Waals surface area contributed by atoms with Crippen molar-refractivity contribution in [2.75, 3.05) is 4.90 Å². The predicted octanol–water partition coefficient (Wildman–Crippen LogP) is 14.9. The summed E-state index contributed by atoms with van der Waals surface area (Å²) in [5, 5.41) is 7.51. The van der Waals surface area contributed by atoms with Crippen LogP contribution in [-0.4, -0.2) is 4.57 Å². The first-order valence-corrected chi connectivity index (χ1v) is 20.5. The first-order valence-electron chi connectivity index (χ1n) is 20.5. The van der Waals surface area contributed by atoms with E-state index in [0.29, 0.717) is 0 Å². The number of rotatable bonds is 4. The summed E-state index contributed by atoms with van der Waals surface area (Å²) in [6.45, 7) is 0. The molecule has 2 aliphatic rings. The maximum Gasteiger partial charge on any atom is 0.0732 e. The second-order valence-electron chi connectivity index (χ2n) is 16.0. The highest BCUT2D eigenvalue weighted by Gasteiger charge is 2.53. The van der Waals surface area contributed by atoms with E-state index in [2.05, 4.69) is 228 Å². The maximum atomic E-state index is 2.55. The van der Waals surface area contributed by atoms with Gasteiger partial charge in [0, 0.05) is 33.2 Å². The summed E-state index contributed by atoms with van der Waals surface area (Å²) in [4.78, 5) is 2.50. The summed E-state index contributed by atoms with van der Waals surface area (Å²) in [6, 6.07) is 81.1. The summed E-state index contributed by atoms with van der Waals surface area (Å²) >= 11 is 0. The molecule has 59 heavy (non-hydrogen) atoms. The average molecular weight is 749 g/mol. The van der Waals surface area contributed by atoms with Gasteiger partial charge in [-0.25, -0.2) is 0 Å². The number of anilines is 3. The van der Waals surface area contributed by atoms with Crippen LogP contribution in [0.25, 0.3) is 71.3 Å². The molecule has 0 fully saturated rings. The van der Waals surface area contributed by atoms with Crippen LogP contribution >= 0.6 is 0 Å². The molecule has 0 aliphatic heterocycles. The number of hydrogen-bond acceptors (Lipinski definition) is 1. The van der Waals surface area contributed by atoms with Gasteiger partial charge in [0.15, 0.2) is 0 Å². The maximum absolute atomic E-state index is 2.55. The van der Waals surface area contributed by atoms with Crippen LogP contribution in [0.15, 0.2) is 218 Å². The van der Waals surface area contributed by atoms with E-state index >= 15 is 0 Å². The Bertz CT molecular complexity index is 3460. The number of nitrogens with zero attached hydrogens (tertiary/aromatic N) is 2. The normalized spacial score (nSPS) is 13.2. The SMILES string of the molecule is c1ccc(N(c2ccc3c(c2)c2ccccc2n3-c2ccccc2)c2cc3c(c4ccccc24)-c2ccc4ccccc4c2C32c3ccccc3-c3ccccc32)cc1. The standard InChI is InChI=1S/C57H36N2/c1-3-18-38(19-4-1)58(40-32-34-53-48(35-40)45-26-13-16-30-52(45)59(53)39-20-5-2-6-21-39)54-36-51-55(46-27-10-9-25-44(46)54)47-33-31-37-17-7-8-22-41(37)56(47)57(51)49-28-14-11-23-42(49)43-24-12-15-29-50(43)57/h1-36H. The molecule has 0 amide bonds. The molecule has 13 rings (SSSR count). The van der Waals surface area contributed by atoms with Crippen LogP contribution in [-0.2, 0) is 5.41 Å². The molecule has 0 N–H and O–H groups in total. The molecule has 11 aromatic rings. The van der Waals surface area contributed by atoms with Crippen molar-refractivity contribution in [2.45, 2.75) is 5.41 Å². The second-order valence-corrected chi connectivity index (χ2v) is 16.0. The lowest BCUT2D eigenvalue weighted by molar-refractivity contribution is 0.802. The summed E-state index contributed by atoms with van der Waals surface area (Å²) in [5.74, 6) is 0. The molecule has 0 bridgehead atoms. The Labute approximate surface area is 342 Å². The number of fused-ring (bicyclic) bond motifs is 17. The van der Waals surface area contributed by atoms with Gasteiger partial charge in [-0.2, -0.15) is 0 Å². The van der Waals surface area contributed by atoms with Crippen molar-refractivity contribution < 1.29 is 0 Å². The molecule has 0 saturated carbocycles. The Morgan fingerprint density at radius 2 is 0.949 bits per heavy atom. The molecule has 1 aromatic heterocycles. The highest BCUT2D eigenvalue weighted by molar-refractivity contribution is 6.16. The van der Waals surface area contributed by atoms with Crippen LogP contribution < -0.4 is 4.90 Å². The van der Waals surface area contributed by atoms with Crippen LogP contribution in [0.4, 0.5) is 17.1 Å². The molecule has 0 unspecified atom stereocenters. The van der Waals surface area contributed by atoms with Crippen molar-refractivity contribution in [3.05, 3.63) is 241 Å². The third-order valence-corrected chi connectivity index (χ3v) is 13.1. The van der Waals surface area contributed by atoms with E-state index in [1.54, 1.807) is 0 Å². The number of para-hydroxylation sites is 3. The summed E-state index contributed by atoms with van der Waals surface area (Å²) < 4.78 is 2.40. The first kappa shape index (κ1) is 32.4. The first-order chi connectivity index (χ1) is 29.3. The van der Waals surface area contributed by atoms with Gasteiger partial charge in [0.25, 0.3) is 0 Å². The van der Waals surface area contributed by atoms with E-state index in [0.717, 1.165) is 22.7 Å². The van der Waals surface area contributed by atoms with E-state index in [9.17, 15) is 0 Å². The molecule has 2 aliphatic carbocycles. The smallest absolute Gasteiger partial charge is 0.0732 e. The molecule has 1 spiro atoms. The van der Waals surface area contributed by atoms with Crippen LogP contribution in [0.2, 0.25) is 0 Å². The van der Waals surface area contributed by atoms with Crippen LogP contribution in [0.3, 0.4) is 0 Å². The van der Waals surface area contributed by atoms with Crippen molar-refractivity contribution in [3.63, 3.8) is 0 Å². The molecule has 2 heteroatoms. The van der Waals surface area contributed by atoms with Gasteiger partial charge in [0.2, 0.25) is 0 Å². The quantitative estimate of drug-likeness (QED) is 0.174. The monoisotopic (exact) mass is 748 g/mol. The second kappa shape index (κ2) is 12.2. The molecular weight excluding hydrogens is 713 g/mol. The molecule has 0 atom stereocenters. The lowest BCUT2D eigenvalue weighted by Crippen LogP contribution is -2.26. The topological polar surface area (TPSA) is 8.17 Å². The zero-order valence-electron chi connectivity index (χ0n) is 32.2. The van der Waals surface area contributed by atoms with Gasteiger partial charge < -0.3 is 9.47 Å². The van der Waals surface area contributed by atoms with Gasteiger partial charge in [0.05, 0.1) is 22.1 Å². The third kappa shape index (κ3) is 4.30. The summed E-state index contributed by atoms with van der Waals surface area (Å²) in [5.41, 5.74) is 17.1. The molecular formula is C57H36N2. The molecule has 2 nitrogen and oxygen atoms in total. The van der Waals surface area contributed by atoms with E-state index in [1.807, 2.05) is 0 Å². The zero-order chi connectivity index (χ0) is 38.7. The Kier molecular flexibility index (Phi) is 6.68. The summed E-state index contributed by atoms with van der Waals surface area (Å²) in [7, 11) is 0. The Balaban J connectivity index is 1.16. The van der Waals surface area contributed by atoms with Crippen LogP contribution in [0.1, 0.15) is 22.3 Å². The molecule has 0 saturated heterocycles. The van der Waals surface area contributed by atoms with Crippen molar-refractivity contribution in [2.24, 2.45) is 0 Å². The van der Waals surface area contributed by atoms with Gasteiger partial charge in [-0.15, -0.1) is 0 Å². The van der Waals surface area contributed by atoms with E-state index in [4.69, 9.17) is 0 Å². The number of aromatic nitrogens is 1. The van der Waals surface area contributed by atoms with Gasteiger partial charge in [-0.1, -0.05) is 164 Å². The number of hydrogen-bond donors (Lipinski definition) is 0. The van der Waals surface area contributed by atoms with Crippen molar-refractivity contribution in [1.29, 1.82) is 0 Å². The average Bonchev–Trinajstić information content (AvgIpc) is 3.91. The van der Waals surface area contributed by atoms with E-state index < -0.39 is 5.41 Å². The van der Waals surface area contributed by atoms with Gasteiger partial charge >= 0.3 is 0 Å². The van der Waals surface area contributed by atoms with Gasteiger partial charge in [-0.05, 0) is 115 Å². The molecule has 0 radical (unpaired) electrons. The summed E-state index contributed by atoms with van der Waals surface area (Å²) in [6.07, 6.45) is 0. The van der Waals surface area contributed by atoms with Gasteiger partial charge in [0.1, 0.15) is 0 Å². The molecule has 1 heterocycles. The van der Waals surface area contributed by atoms with Crippen molar-refractivity contribution >= 4 is 60.4 Å². The number of benzene rings is 10. The fraction of sp³-hybridized carbons (Fsp3) is 0.0175. The fourth-order valence-electron chi connectivity index (χ4n) is 10.9. The minimum Gasteiger partial charge on any atom is -0.310 e. The Hall–Kier alpha value is -7.68. The molecule has 10 aromatic carbocycles. The van der Waals surface area contributed by atoms with Crippen molar-refractivity contribution in [3.8, 4) is 27.9 Å². The van der Waals surface area contributed by atoms with Crippen LogP contribution in [0.5, 0.6) is 0 Å². The third-order valence-electron chi connectivity index (χ3n) is 13.1. The lowest BCUT2D eigenvalue weighted by atomic mass is 9.69. The highest BCUT2D eigenvalue weighted by Crippen LogP contribution is 2.66. The predicted molar refractivity (Wildman–Crippen MR) is 247 cm³/mol. The Morgan fingerprint density at radius 3 is 1.71 bits per heavy atom. The molecule has 274 valence electrons. The lowest BCUT2D eigenvalue weighted by Gasteiger charge is -2.33. The van der Waals surface area contributed by atoms with Crippen LogP contribution in [0, 0.1) is 0 Å². The fourth-order valence-corrected chi connectivity index (χ4v) is 10.9. The Morgan fingerprint density at radius 1 is 0.356 bits per heavy atom. The zero-order valence-corrected chi connectivity index (χ0v) is 32.2. The minimum atomic E-state index is -0.521. The van der Waals surface area contributed by atoms with E-state index in [-0.39, 0.29) is 0 Å². The largest absolute Gasteiger partial charge is 0.310 e. The minimum absolute atomic E-state index is 0.521. The van der Waals surface area contributed by atoms with Gasteiger partial charge in [-0.3, -0.25) is 0 Å². The van der Waals surface area contributed by atoms with Crippen molar-refractivity contribution in [1.82, 2.24) is 4.57 Å².